The first-order valence-corrected chi connectivity index (χ1v) is 11.5. The summed E-state index contributed by atoms with van der Waals surface area (Å²) in [7, 11) is 0. The minimum Gasteiger partial charge on any atom is -0.459 e. The molecular formula is C25H24FN3O3S. The molecule has 0 aromatic heterocycles. The molecule has 0 fully saturated rings. The maximum absolute atomic E-state index is 13.2. The number of aliphatic imine (C=N–C) groups is 1. The number of benzene rings is 2. The van der Waals surface area contributed by atoms with Crippen LogP contribution >= 0.6 is 11.8 Å². The minimum atomic E-state index is -0.468. The quantitative estimate of drug-likeness (QED) is 0.580. The van der Waals surface area contributed by atoms with Crippen LogP contribution in [0, 0.1) is 5.82 Å². The zero-order valence-corrected chi connectivity index (χ0v) is 19.4. The van der Waals surface area contributed by atoms with Gasteiger partial charge in [-0.25, -0.2) is 14.2 Å². The van der Waals surface area contributed by atoms with Crippen LogP contribution in [0.15, 0.2) is 82.0 Å². The Morgan fingerprint density at radius 1 is 1.15 bits per heavy atom. The molecule has 0 aliphatic carbocycles. The van der Waals surface area contributed by atoms with Crippen LogP contribution in [-0.2, 0) is 14.3 Å². The van der Waals surface area contributed by atoms with Crippen LogP contribution in [0.1, 0.15) is 38.8 Å². The van der Waals surface area contributed by atoms with Crippen LogP contribution in [-0.4, -0.2) is 28.0 Å². The molecule has 1 N–H and O–H groups in total. The number of hydrogen-bond donors (Lipinski definition) is 1. The Kier molecular flexibility index (Phi) is 6.65. The van der Waals surface area contributed by atoms with E-state index in [2.05, 4.69) is 10.3 Å². The lowest BCUT2D eigenvalue weighted by Crippen LogP contribution is -2.37. The molecule has 170 valence electrons. The largest absolute Gasteiger partial charge is 0.459 e. The highest BCUT2D eigenvalue weighted by Crippen LogP contribution is 2.44. The molecule has 0 spiro atoms. The molecule has 0 saturated carbocycles. The van der Waals surface area contributed by atoms with E-state index in [1.807, 2.05) is 40.6 Å². The number of amides is 1. The van der Waals surface area contributed by atoms with Gasteiger partial charge in [-0.15, -0.1) is 0 Å². The summed E-state index contributed by atoms with van der Waals surface area (Å²) in [6, 6.07) is 14.8. The number of thioether (sulfide) groups is 1. The van der Waals surface area contributed by atoms with Crippen molar-refractivity contribution in [1.82, 2.24) is 4.90 Å². The summed E-state index contributed by atoms with van der Waals surface area (Å²) in [4.78, 5) is 32.4. The number of allylic oxidation sites excluding steroid dienone is 1. The van der Waals surface area contributed by atoms with Gasteiger partial charge in [-0.3, -0.25) is 4.79 Å². The van der Waals surface area contributed by atoms with E-state index in [1.54, 1.807) is 20.8 Å². The number of carbonyl (C=O) groups is 2. The fourth-order valence-corrected chi connectivity index (χ4v) is 4.73. The summed E-state index contributed by atoms with van der Waals surface area (Å²) in [5.74, 6) is -1.05. The Labute approximate surface area is 196 Å². The second-order valence-corrected chi connectivity index (χ2v) is 8.83. The number of amidine groups is 1. The monoisotopic (exact) mass is 465 g/mol. The lowest BCUT2D eigenvalue weighted by atomic mass is 9.94. The third-order valence-corrected chi connectivity index (χ3v) is 6.04. The molecule has 2 heterocycles. The molecule has 1 unspecified atom stereocenters. The van der Waals surface area contributed by atoms with E-state index in [4.69, 9.17) is 4.74 Å². The van der Waals surface area contributed by atoms with Crippen molar-refractivity contribution in [1.29, 1.82) is 0 Å². The van der Waals surface area contributed by atoms with Crippen LogP contribution in [0.2, 0.25) is 0 Å². The normalized spacial score (nSPS) is 17.5. The van der Waals surface area contributed by atoms with Crippen molar-refractivity contribution in [3.63, 3.8) is 0 Å². The van der Waals surface area contributed by atoms with Crippen LogP contribution in [0.5, 0.6) is 0 Å². The zero-order chi connectivity index (χ0) is 23.5. The van der Waals surface area contributed by atoms with Gasteiger partial charge in [0.2, 0.25) is 5.91 Å². The van der Waals surface area contributed by atoms with Gasteiger partial charge in [0.15, 0.2) is 5.17 Å². The molecule has 0 saturated heterocycles. The maximum atomic E-state index is 13.2. The first-order valence-electron chi connectivity index (χ1n) is 10.6. The number of nitrogens with one attached hydrogen (secondary N) is 1. The van der Waals surface area contributed by atoms with Crippen molar-refractivity contribution >= 4 is 34.5 Å². The topological polar surface area (TPSA) is 71.0 Å². The SMILES string of the molecule is CC1=C(C(=O)OC(C)C)C(c2ccccc2)N2C(CC(=O)Nc3ccc(F)cc3)=CSC2=N1. The van der Waals surface area contributed by atoms with Gasteiger partial charge >= 0.3 is 5.97 Å². The Morgan fingerprint density at radius 3 is 2.52 bits per heavy atom. The standard InChI is InChI=1S/C25H24FN3O3S/c1-15(2)32-24(31)22-16(3)27-25-29(23(22)17-7-5-4-6-8-17)20(14-33-25)13-21(30)28-19-11-9-18(26)10-12-19/h4-12,14-15,23H,13H2,1-3H3,(H,28,30). The number of nitrogens with zero attached hydrogens (tertiary/aromatic N) is 2. The Morgan fingerprint density at radius 2 is 1.85 bits per heavy atom. The fourth-order valence-electron chi connectivity index (χ4n) is 3.76. The van der Waals surface area contributed by atoms with E-state index in [9.17, 15) is 14.0 Å². The van der Waals surface area contributed by atoms with Gasteiger partial charge in [0.25, 0.3) is 0 Å². The predicted molar refractivity (Wildman–Crippen MR) is 128 cm³/mol. The van der Waals surface area contributed by atoms with Crippen molar-refractivity contribution in [2.24, 2.45) is 4.99 Å². The highest BCUT2D eigenvalue weighted by atomic mass is 32.2. The predicted octanol–water partition coefficient (Wildman–Crippen LogP) is 5.38. The molecule has 6 nitrogen and oxygen atoms in total. The van der Waals surface area contributed by atoms with Crippen LogP contribution in [0.4, 0.5) is 10.1 Å². The molecule has 0 bridgehead atoms. The van der Waals surface area contributed by atoms with Crippen LogP contribution in [0.3, 0.4) is 0 Å². The molecule has 2 aliphatic rings. The number of fused-ring (bicyclic) bond motifs is 1. The van der Waals surface area contributed by atoms with Crippen molar-refractivity contribution in [2.75, 3.05) is 5.32 Å². The average molecular weight is 466 g/mol. The van der Waals surface area contributed by atoms with Gasteiger partial charge in [-0.2, -0.15) is 0 Å². The van der Waals surface area contributed by atoms with E-state index in [0.717, 1.165) is 11.3 Å². The number of anilines is 1. The second kappa shape index (κ2) is 9.62. The van der Waals surface area contributed by atoms with Crippen molar-refractivity contribution < 1.29 is 18.7 Å². The lowest BCUT2D eigenvalue weighted by molar-refractivity contribution is -0.143. The van der Waals surface area contributed by atoms with E-state index in [0.29, 0.717) is 22.1 Å². The van der Waals surface area contributed by atoms with Crippen LogP contribution < -0.4 is 5.32 Å². The third-order valence-electron chi connectivity index (χ3n) is 5.15. The summed E-state index contributed by atoms with van der Waals surface area (Å²) in [6.45, 7) is 5.41. The van der Waals surface area contributed by atoms with Gasteiger partial charge in [0, 0.05) is 11.4 Å². The average Bonchev–Trinajstić information content (AvgIpc) is 3.16. The molecule has 2 aliphatic heterocycles. The van der Waals surface area contributed by atoms with Crippen molar-refractivity contribution in [2.45, 2.75) is 39.3 Å². The molecule has 0 radical (unpaired) electrons. The van der Waals surface area contributed by atoms with Crippen LogP contribution in [0.25, 0.3) is 0 Å². The molecule has 1 atom stereocenters. The number of ether oxygens (including phenoxy) is 1. The van der Waals surface area contributed by atoms with Gasteiger partial charge in [-0.1, -0.05) is 42.1 Å². The van der Waals surface area contributed by atoms with Gasteiger partial charge in [0.1, 0.15) is 5.82 Å². The highest BCUT2D eigenvalue weighted by molar-refractivity contribution is 8.16. The number of esters is 1. The number of halogens is 1. The van der Waals surface area contributed by atoms with E-state index < -0.39 is 12.0 Å². The van der Waals surface area contributed by atoms with Gasteiger partial charge in [-0.05, 0) is 56.0 Å². The summed E-state index contributed by atoms with van der Waals surface area (Å²) in [6.07, 6.45) is -0.206. The van der Waals surface area contributed by atoms with E-state index in [-0.39, 0.29) is 24.2 Å². The number of carbonyl (C=O) groups excluding carboxylic acids is 2. The highest BCUT2D eigenvalue weighted by Gasteiger charge is 2.41. The van der Waals surface area contributed by atoms with Gasteiger partial charge in [0.05, 0.1) is 29.8 Å². The molecular weight excluding hydrogens is 441 g/mol. The summed E-state index contributed by atoms with van der Waals surface area (Å²) in [5, 5.41) is 5.37. The van der Waals surface area contributed by atoms with Gasteiger partial charge < -0.3 is 15.0 Å². The number of rotatable bonds is 6. The molecule has 8 heteroatoms. The van der Waals surface area contributed by atoms with E-state index in [1.165, 1.54) is 36.0 Å². The molecule has 4 rings (SSSR count). The molecule has 2 aromatic carbocycles. The summed E-state index contributed by atoms with van der Waals surface area (Å²) in [5.41, 5.74) is 3.17. The third kappa shape index (κ3) is 5.01. The lowest BCUT2D eigenvalue weighted by Gasteiger charge is -2.36. The maximum Gasteiger partial charge on any atom is 0.338 e. The van der Waals surface area contributed by atoms with E-state index >= 15 is 0 Å². The summed E-state index contributed by atoms with van der Waals surface area (Å²) < 4.78 is 18.7. The minimum absolute atomic E-state index is 0.0677. The molecule has 2 aromatic rings. The first kappa shape index (κ1) is 22.8. The first-order chi connectivity index (χ1) is 15.8. The molecule has 1 amide bonds. The Hall–Kier alpha value is -3.39. The smallest absolute Gasteiger partial charge is 0.338 e. The number of hydrogen-bond acceptors (Lipinski definition) is 6. The fraction of sp³-hybridized carbons (Fsp3) is 0.240. The Bertz CT molecular complexity index is 1160. The van der Waals surface area contributed by atoms with Crippen molar-refractivity contribution in [3.8, 4) is 0 Å². The summed E-state index contributed by atoms with van der Waals surface area (Å²) >= 11 is 1.41. The second-order valence-electron chi connectivity index (χ2n) is 7.99. The van der Waals surface area contributed by atoms with Crippen molar-refractivity contribution in [3.05, 3.63) is 88.4 Å². The molecule has 33 heavy (non-hydrogen) atoms. The Balaban J connectivity index is 1.64. The zero-order valence-electron chi connectivity index (χ0n) is 18.5.